The van der Waals surface area contributed by atoms with Gasteiger partial charge in [0.1, 0.15) is 11.9 Å². The second kappa shape index (κ2) is 7.58. The van der Waals surface area contributed by atoms with Gasteiger partial charge in [0, 0.05) is 12.1 Å². The standard InChI is InChI=1S/C17H18BN3O2/c1-11-8-12(2)19-15(9-11)21-16(22)14(20-17(18)23)10-13-6-4-3-5-7-13/h3-9,14H,10H2,1-2H3,(H,20,23)(H,19,21,22). The van der Waals surface area contributed by atoms with Crippen LogP contribution in [0.5, 0.6) is 0 Å². The van der Waals surface area contributed by atoms with Crippen molar-refractivity contribution < 1.29 is 9.59 Å². The fourth-order valence-corrected chi connectivity index (χ4v) is 2.35. The molecular weight excluding hydrogens is 289 g/mol. The number of aryl methyl sites for hydroxylation is 2. The highest BCUT2D eigenvalue weighted by Crippen LogP contribution is 2.11. The molecule has 1 aromatic heterocycles. The van der Waals surface area contributed by atoms with Crippen LogP contribution in [0.15, 0.2) is 42.5 Å². The lowest BCUT2D eigenvalue weighted by Crippen LogP contribution is -2.45. The molecule has 2 N–H and O–H groups in total. The zero-order valence-corrected chi connectivity index (χ0v) is 13.2. The molecule has 5 nitrogen and oxygen atoms in total. The van der Waals surface area contributed by atoms with Crippen molar-refractivity contribution in [2.75, 3.05) is 5.32 Å². The molecule has 2 radical (unpaired) electrons. The maximum Gasteiger partial charge on any atom is 0.248 e. The van der Waals surface area contributed by atoms with Crippen LogP contribution in [0.2, 0.25) is 0 Å². The van der Waals surface area contributed by atoms with E-state index < -0.39 is 11.8 Å². The average molecular weight is 307 g/mol. The van der Waals surface area contributed by atoms with Crippen LogP contribution >= 0.6 is 0 Å². The van der Waals surface area contributed by atoms with Gasteiger partial charge < -0.3 is 10.6 Å². The molecule has 23 heavy (non-hydrogen) atoms. The fourth-order valence-electron chi connectivity index (χ4n) is 2.35. The molecule has 0 saturated carbocycles. The van der Waals surface area contributed by atoms with Gasteiger partial charge in [0.2, 0.25) is 13.8 Å². The summed E-state index contributed by atoms with van der Waals surface area (Å²) in [5, 5.41) is 5.21. The number of aromatic nitrogens is 1. The van der Waals surface area contributed by atoms with Gasteiger partial charge in [-0.1, -0.05) is 30.3 Å². The molecule has 1 unspecified atom stereocenters. The molecule has 116 valence electrons. The summed E-state index contributed by atoms with van der Waals surface area (Å²) < 4.78 is 0. The maximum absolute atomic E-state index is 12.5. The third-order valence-corrected chi connectivity index (χ3v) is 3.26. The number of hydrogen-bond donors (Lipinski definition) is 2. The first-order valence-corrected chi connectivity index (χ1v) is 7.30. The number of nitrogens with zero attached hydrogens (tertiary/aromatic N) is 1. The zero-order chi connectivity index (χ0) is 16.8. The van der Waals surface area contributed by atoms with Gasteiger partial charge in [-0.05, 0) is 37.1 Å². The Balaban J connectivity index is 2.14. The lowest BCUT2D eigenvalue weighted by Gasteiger charge is -2.18. The van der Waals surface area contributed by atoms with Gasteiger partial charge in [-0.2, -0.15) is 0 Å². The van der Waals surface area contributed by atoms with E-state index >= 15 is 0 Å². The fraction of sp³-hybridized carbons (Fsp3) is 0.235. The van der Waals surface area contributed by atoms with Crippen molar-refractivity contribution in [3.8, 4) is 0 Å². The normalized spacial score (nSPS) is 11.6. The van der Waals surface area contributed by atoms with Crippen molar-refractivity contribution in [3.05, 3.63) is 59.3 Å². The minimum atomic E-state index is -0.766. The highest BCUT2D eigenvalue weighted by molar-refractivity contribution is 6.57. The topological polar surface area (TPSA) is 71.1 Å². The number of pyridine rings is 1. The Hall–Kier alpha value is -2.63. The number of amides is 2. The van der Waals surface area contributed by atoms with Crippen LogP contribution < -0.4 is 10.6 Å². The van der Waals surface area contributed by atoms with Crippen LogP contribution in [0.1, 0.15) is 16.8 Å². The predicted octanol–water partition coefficient (Wildman–Crippen LogP) is 2.13. The summed E-state index contributed by atoms with van der Waals surface area (Å²) in [5.41, 5.74) is 2.73. The summed E-state index contributed by atoms with van der Waals surface area (Å²) in [5.74, 6) is -0.642. The van der Waals surface area contributed by atoms with Gasteiger partial charge in [0.25, 0.3) is 0 Å². The first kappa shape index (κ1) is 16.7. The highest BCUT2D eigenvalue weighted by atomic mass is 16.2. The van der Waals surface area contributed by atoms with Crippen molar-refractivity contribution in [1.82, 2.24) is 10.3 Å². The molecule has 0 spiro atoms. The molecule has 2 amide bonds. The van der Waals surface area contributed by atoms with E-state index in [1.165, 1.54) is 0 Å². The van der Waals surface area contributed by atoms with E-state index in [1.807, 2.05) is 50.2 Å². The van der Waals surface area contributed by atoms with Crippen LogP contribution in [0.25, 0.3) is 0 Å². The largest absolute Gasteiger partial charge is 0.354 e. The summed E-state index contributed by atoms with van der Waals surface area (Å²) in [6, 6.07) is 12.3. The Bertz CT molecular complexity index is 684. The Morgan fingerprint density at radius 1 is 1.17 bits per heavy atom. The summed E-state index contributed by atoms with van der Waals surface area (Å²) in [6.45, 7) is 3.78. The monoisotopic (exact) mass is 307 g/mol. The van der Waals surface area contributed by atoms with E-state index in [1.54, 1.807) is 6.07 Å². The number of benzene rings is 1. The van der Waals surface area contributed by atoms with Crippen LogP contribution in [0, 0.1) is 13.8 Å². The summed E-state index contributed by atoms with van der Waals surface area (Å²) in [6.07, 6.45) is 0.348. The zero-order valence-electron chi connectivity index (χ0n) is 13.2. The summed E-state index contributed by atoms with van der Waals surface area (Å²) in [4.78, 5) is 27.9. The first-order valence-electron chi connectivity index (χ1n) is 7.30. The number of hydrogen-bond acceptors (Lipinski definition) is 3. The highest BCUT2D eigenvalue weighted by Gasteiger charge is 2.20. The van der Waals surface area contributed by atoms with Crippen molar-refractivity contribution in [1.29, 1.82) is 0 Å². The van der Waals surface area contributed by atoms with E-state index in [0.717, 1.165) is 16.8 Å². The van der Waals surface area contributed by atoms with E-state index in [9.17, 15) is 9.59 Å². The minimum absolute atomic E-state index is 0.348. The van der Waals surface area contributed by atoms with Crippen LogP contribution in [-0.4, -0.2) is 30.6 Å². The van der Waals surface area contributed by atoms with Gasteiger partial charge >= 0.3 is 0 Å². The summed E-state index contributed by atoms with van der Waals surface area (Å²) in [7, 11) is 5.18. The molecule has 2 rings (SSSR count). The van der Waals surface area contributed by atoms with Gasteiger partial charge in [-0.25, -0.2) is 4.98 Å². The van der Waals surface area contributed by atoms with E-state index in [0.29, 0.717) is 12.2 Å². The van der Waals surface area contributed by atoms with E-state index in [2.05, 4.69) is 15.6 Å². The van der Waals surface area contributed by atoms with E-state index in [-0.39, 0.29) is 5.91 Å². The minimum Gasteiger partial charge on any atom is -0.354 e. The Morgan fingerprint density at radius 2 is 1.87 bits per heavy atom. The molecule has 2 aromatic rings. The lowest BCUT2D eigenvalue weighted by molar-refractivity contribution is -0.117. The number of carbonyl (C=O) groups is 2. The van der Waals surface area contributed by atoms with Crippen LogP contribution in [0.3, 0.4) is 0 Å². The molecule has 6 heteroatoms. The predicted molar refractivity (Wildman–Crippen MR) is 90.6 cm³/mol. The number of anilines is 1. The van der Waals surface area contributed by atoms with Gasteiger partial charge in [0.15, 0.2) is 5.81 Å². The van der Waals surface area contributed by atoms with E-state index in [4.69, 9.17) is 7.85 Å². The lowest BCUT2D eigenvalue weighted by atomic mass is 10.0. The third-order valence-electron chi connectivity index (χ3n) is 3.26. The molecule has 1 heterocycles. The molecule has 0 aliphatic carbocycles. The van der Waals surface area contributed by atoms with Crippen molar-refractivity contribution in [2.24, 2.45) is 0 Å². The molecular formula is C17H18BN3O2. The molecule has 0 bridgehead atoms. The van der Waals surface area contributed by atoms with Gasteiger partial charge in [-0.15, -0.1) is 0 Å². The first-order chi connectivity index (χ1) is 10.9. The van der Waals surface area contributed by atoms with Crippen molar-refractivity contribution >= 4 is 25.4 Å². The molecule has 1 atom stereocenters. The second-order valence-corrected chi connectivity index (χ2v) is 5.41. The Morgan fingerprint density at radius 3 is 2.48 bits per heavy atom. The number of nitrogens with one attached hydrogen (secondary N) is 2. The van der Waals surface area contributed by atoms with Crippen LogP contribution in [-0.2, 0) is 11.2 Å². The maximum atomic E-state index is 12.5. The number of rotatable bonds is 5. The van der Waals surface area contributed by atoms with Gasteiger partial charge in [0.05, 0.1) is 0 Å². The molecule has 0 fully saturated rings. The van der Waals surface area contributed by atoms with Crippen LogP contribution in [0.4, 0.5) is 10.6 Å². The average Bonchev–Trinajstić information content (AvgIpc) is 2.46. The third kappa shape index (κ3) is 5.25. The van der Waals surface area contributed by atoms with Crippen molar-refractivity contribution in [2.45, 2.75) is 26.3 Å². The Kier molecular flexibility index (Phi) is 5.52. The smallest absolute Gasteiger partial charge is 0.248 e. The molecule has 0 aliphatic rings. The Labute approximate surface area is 136 Å². The van der Waals surface area contributed by atoms with Gasteiger partial charge in [-0.3, -0.25) is 9.59 Å². The molecule has 0 aliphatic heterocycles. The second-order valence-electron chi connectivity index (χ2n) is 5.41. The quantitative estimate of drug-likeness (QED) is 0.831. The summed E-state index contributed by atoms with van der Waals surface area (Å²) >= 11 is 0. The SMILES string of the molecule is [B]C(=O)NC(Cc1ccccc1)C(=O)Nc1cc(C)cc(C)n1. The molecule has 0 saturated heterocycles. The number of carbonyl (C=O) groups excluding carboxylic acids is 2. The van der Waals surface area contributed by atoms with Crippen molar-refractivity contribution in [3.63, 3.8) is 0 Å². The molecule has 1 aromatic carbocycles.